The highest BCUT2D eigenvalue weighted by molar-refractivity contribution is 7.91. The Balaban J connectivity index is 1.18. The van der Waals surface area contributed by atoms with E-state index in [1.165, 1.54) is 0 Å². The fourth-order valence-corrected chi connectivity index (χ4v) is 6.55. The van der Waals surface area contributed by atoms with Gasteiger partial charge in [-0.25, -0.2) is 8.42 Å². The molecule has 3 aliphatic heterocycles. The summed E-state index contributed by atoms with van der Waals surface area (Å²) in [4.78, 5) is 15.5. The summed E-state index contributed by atoms with van der Waals surface area (Å²) in [5, 5.41) is 3.66. The highest BCUT2D eigenvalue weighted by atomic mass is 35.5. The van der Waals surface area contributed by atoms with E-state index in [1.807, 2.05) is 18.2 Å². The van der Waals surface area contributed by atoms with E-state index < -0.39 is 15.3 Å². The molecule has 0 atom stereocenters. The number of anilines is 1. The van der Waals surface area contributed by atoms with E-state index in [9.17, 15) is 13.2 Å². The van der Waals surface area contributed by atoms with Crippen LogP contribution in [0, 0.1) is 0 Å². The number of rotatable bonds is 4. The molecule has 0 saturated carbocycles. The molecule has 0 aromatic heterocycles. The first kappa shape index (κ1) is 19.8. The number of benzene rings is 2. The van der Waals surface area contributed by atoms with E-state index in [0.29, 0.717) is 28.7 Å². The Bertz CT molecular complexity index is 1120. The van der Waals surface area contributed by atoms with Gasteiger partial charge in [-0.05, 0) is 79.9 Å². The summed E-state index contributed by atoms with van der Waals surface area (Å²) in [7, 11) is -3.10. The molecule has 0 radical (unpaired) electrons. The van der Waals surface area contributed by atoms with Gasteiger partial charge < -0.3 is 10.1 Å². The maximum Gasteiger partial charge on any atom is 0.235 e. The SMILES string of the molecule is O=C1Nc2ccc(Cl)cc2C12CCN(CCOc1ccc3c(c1)CCS3(=O)=O)CC2. The predicted molar refractivity (Wildman–Crippen MR) is 115 cm³/mol. The van der Waals surface area contributed by atoms with Crippen LogP contribution in [0.5, 0.6) is 5.75 Å². The van der Waals surface area contributed by atoms with Gasteiger partial charge in [0.2, 0.25) is 5.91 Å². The molecule has 1 saturated heterocycles. The summed E-state index contributed by atoms with van der Waals surface area (Å²) in [6, 6.07) is 10.8. The van der Waals surface area contributed by atoms with Crippen LogP contribution in [-0.2, 0) is 26.5 Å². The minimum absolute atomic E-state index is 0.0729. The van der Waals surface area contributed by atoms with Crippen LogP contribution in [0.25, 0.3) is 0 Å². The summed E-state index contributed by atoms with van der Waals surface area (Å²) >= 11 is 6.18. The molecule has 0 unspecified atom stereocenters. The summed E-state index contributed by atoms with van der Waals surface area (Å²) in [5.41, 5.74) is 2.25. The molecule has 30 heavy (non-hydrogen) atoms. The van der Waals surface area contributed by atoms with Crippen molar-refractivity contribution < 1.29 is 17.9 Å². The number of amides is 1. The van der Waals surface area contributed by atoms with Gasteiger partial charge in [0.05, 0.1) is 16.1 Å². The number of carbonyl (C=O) groups is 1. The maximum atomic E-state index is 12.7. The number of fused-ring (bicyclic) bond motifs is 3. The average Bonchev–Trinajstić information content (AvgIpc) is 3.17. The van der Waals surface area contributed by atoms with Crippen molar-refractivity contribution in [3.8, 4) is 5.75 Å². The van der Waals surface area contributed by atoms with Gasteiger partial charge in [0, 0.05) is 17.3 Å². The number of halogens is 1. The molecule has 6 nitrogen and oxygen atoms in total. The average molecular weight is 447 g/mol. The van der Waals surface area contributed by atoms with E-state index in [0.717, 1.165) is 49.3 Å². The van der Waals surface area contributed by atoms with Crippen molar-refractivity contribution in [2.24, 2.45) is 0 Å². The van der Waals surface area contributed by atoms with Crippen LogP contribution < -0.4 is 10.1 Å². The van der Waals surface area contributed by atoms with Gasteiger partial charge in [-0.15, -0.1) is 0 Å². The lowest BCUT2D eigenvalue weighted by atomic mass is 9.73. The minimum atomic E-state index is -3.10. The van der Waals surface area contributed by atoms with Crippen LogP contribution in [0.1, 0.15) is 24.0 Å². The second-order valence-corrected chi connectivity index (χ2v) is 10.8. The lowest BCUT2D eigenvalue weighted by Crippen LogP contribution is -2.47. The van der Waals surface area contributed by atoms with Crippen LogP contribution in [0.3, 0.4) is 0 Å². The first-order valence-corrected chi connectivity index (χ1v) is 12.2. The zero-order valence-electron chi connectivity index (χ0n) is 16.5. The number of sulfone groups is 1. The molecule has 1 N–H and O–H groups in total. The molecule has 2 aromatic rings. The third-order valence-electron chi connectivity index (χ3n) is 6.57. The third kappa shape index (κ3) is 3.29. The van der Waals surface area contributed by atoms with Gasteiger partial charge in [0.15, 0.2) is 9.84 Å². The monoisotopic (exact) mass is 446 g/mol. The Hall–Kier alpha value is -2.09. The second kappa shape index (κ2) is 7.25. The quantitative estimate of drug-likeness (QED) is 0.781. The van der Waals surface area contributed by atoms with Crippen molar-refractivity contribution >= 4 is 33.0 Å². The summed E-state index contributed by atoms with van der Waals surface area (Å²) in [6.07, 6.45) is 2.06. The number of aryl methyl sites for hydroxylation is 1. The molecule has 3 aliphatic rings. The van der Waals surface area contributed by atoms with Crippen molar-refractivity contribution in [1.29, 1.82) is 0 Å². The Morgan fingerprint density at radius 3 is 2.73 bits per heavy atom. The molecular weight excluding hydrogens is 424 g/mol. The standard InChI is InChI=1S/C22H23ClN2O4S/c23-16-1-3-19-18(14-16)22(21(26)24-19)6-8-25(9-7-22)10-11-29-17-2-4-20-15(13-17)5-12-30(20,27)28/h1-4,13-14H,5-12H2,(H,24,26). The molecule has 0 bridgehead atoms. The zero-order valence-corrected chi connectivity index (χ0v) is 18.1. The van der Waals surface area contributed by atoms with Gasteiger partial charge in [-0.2, -0.15) is 0 Å². The lowest BCUT2D eigenvalue weighted by molar-refractivity contribution is -0.122. The van der Waals surface area contributed by atoms with Crippen molar-refractivity contribution in [2.75, 3.05) is 37.3 Å². The zero-order chi connectivity index (χ0) is 20.9. The number of hydrogen-bond donors (Lipinski definition) is 1. The topological polar surface area (TPSA) is 75.7 Å². The highest BCUT2D eigenvalue weighted by Gasteiger charge is 2.48. The van der Waals surface area contributed by atoms with Crippen LogP contribution in [0.15, 0.2) is 41.3 Å². The molecule has 1 fully saturated rings. The molecule has 1 spiro atoms. The fraction of sp³-hybridized carbons (Fsp3) is 0.409. The molecular formula is C22H23ClN2O4S. The van der Waals surface area contributed by atoms with E-state index in [1.54, 1.807) is 18.2 Å². The van der Waals surface area contributed by atoms with E-state index >= 15 is 0 Å². The molecule has 1 amide bonds. The largest absolute Gasteiger partial charge is 0.492 e. The minimum Gasteiger partial charge on any atom is -0.492 e. The number of likely N-dealkylation sites (tertiary alicyclic amines) is 1. The van der Waals surface area contributed by atoms with E-state index in [-0.39, 0.29) is 11.7 Å². The summed E-state index contributed by atoms with van der Waals surface area (Å²) in [5.74, 6) is 0.963. The molecule has 158 valence electrons. The van der Waals surface area contributed by atoms with Crippen LogP contribution in [-0.4, -0.2) is 51.2 Å². The van der Waals surface area contributed by atoms with Gasteiger partial charge in [0.1, 0.15) is 12.4 Å². The maximum absolute atomic E-state index is 12.7. The fourth-order valence-electron chi connectivity index (χ4n) is 4.83. The van der Waals surface area contributed by atoms with Crippen molar-refractivity contribution in [1.82, 2.24) is 4.90 Å². The van der Waals surface area contributed by atoms with Crippen LogP contribution in [0.2, 0.25) is 5.02 Å². The molecule has 5 rings (SSSR count). The van der Waals surface area contributed by atoms with Gasteiger partial charge in [0.25, 0.3) is 0 Å². The molecule has 2 aromatic carbocycles. The Morgan fingerprint density at radius 2 is 1.93 bits per heavy atom. The predicted octanol–water partition coefficient (Wildman–Crippen LogP) is 3.03. The van der Waals surface area contributed by atoms with Gasteiger partial charge in [-0.3, -0.25) is 9.69 Å². The van der Waals surface area contributed by atoms with E-state index in [2.05, 4.69) is 10.2 Å². The molecule has 3 heterocycles. The smallest absolute Gasteiger partial charge is 0.235 e. The number of nitrogens with zero attached hydrogens (tertiary/aromatic N) is 1. The summed E-state index contributed by atoms with van der Waals surface area (Å²) in [6.45, 7) is 2.90. The Morgan fingerprint density at radius 1 is 1.13 bits per heavy atom. The highest BCUT2D eigenvalue weighted by Crippen LogP contribution is 2.45. The Kier molecular flexibility index (Phi) is 4.80. The number of piperidine rings is 1. The van der Waals surface area contributed by atoms with Crippen molar-refractivity contribution in [3.05, 3.63) is 52.5 Å². The normalized spacial score (nSPS) is 21.3. The van der Waals surface area contributed by atoms with Gasteiger partial charge >= 0.3 is 0 Å². The van der Waals surface area contributed by atoms with Crippen LogP contribution in [0.4, 0.5) is 5.69 Å². The molecule has 0 aliphatic carbocycles. The summed E-state index contributed by atoms with van der Waals surface area (Å²) < 4.78 is 29.7. The lowest BCUT2D eigenvalue weighted by Gasteiger charge is -2.38. The Labute approximate surface area is 181 Å². The van der Waals surface area contributed by atoms with E-state index in [4.69, 9.17) is 16.3 Å². The number of carbonyl (C=O) groups excluding carboxylic acids is 1. The number of nitrogens with one attached hydrogen (secondary N) is 1. The third-order valence-corrected chi connectivity index (χ3v) is 8.62. The van der Waals surface area contributed by atoms with Crippen molar-refractivity contribution in [2.45, 2.75) is 29.6 Å². The number of ether oxygens (including phenoxy) is 1. The first-order chi connectivity index (χ1) is 14.4. The first-order valence-electron chi connectivity index (χ1n) is 10.2. The van der Waals surface area contributed by atoms with Crippen LogP contribution >= 0.6 is 11.6 Å². The van der Waals surface area contributed by atoms with Gasteiger partial charge in [-0.1, -0.05) is 11.6 Å². The molecule has 8 heteroatoms. The number of hydrogen-bond acceptors (Lipinski definition) is 5. The van der Waals surface area contributed by atoms with Crippen molar-refractivity contribution in [3.63, 3.8) is 0 Å². The second-order valence-electron chi connectivity index (χ2n) is 8.25.